The van der Waals surface area contributed by atoms with E-state index in [1.165, 1.54) is 23.0 Å². The molecule has 1 heterocycles. The Bertz CT molecular complexity index is 1380. The summed E-state index contributed by atoms with van der Waals surface area (Å²) in [5.74, 6) is 1.02. The van der Waals surface area contributed by atoms with Gasteiger partial charge in [-0.25, -0.2) is 4.98 Å². The number of amides is 1. The topological polar surface area (TPSA) is 60.5 Å². The third kappa shape index (κ3) is 6.42. The molecule has 5 nitrogen and oxygen atoms in total. The van der Waals surface area contributed by atoms with Gasteiger partial charge in [0.1, 0.15) is 6.61 Å². The van der Waals surface area contributed by atoms with Crippen LogP contribution in [0.2, 0.25) is 0 Å². The van der Waals surface area contributed by atoms with E-state index in [4.69, 9.17) is 9.47 Å². The largest absolute Gasteiger partial charge is 0.493 e. The van der Waals surface area contributed by atoms with E-state index in [0.717, 1.165) is 38.2 Å². The number of hydrogen-bond acceptors (Lipinski definition) is 5. The van der Waals surface area contributed by atoms with Gasteiger partial charge >= 0.3 is 0 Å². The van der Waals surface area contributed by atoms with E-state index < -0.39 is 0 Å². The predicted octanol–water partition coefficient (Wildman–Crippen LogP) is 7.68. The maximum Gasteiger partial charge on any atom is 0.250 e. The second kappa shape index (κ2) is 12.0. The molecule has 0 radical (unpaired) electrons. The Hall–Kier alpha value is -3.42. The van der Waals surface area contributed by atoms with Gasteiger partial charge in [-0.2, -0.15) is 0 Å². The van der Waals surface area contributed by atoms with Crippen LogP contribution in [0.3, 0.4) is 0 Å². The molecule has 0 aliphatic heterocycles. The van der Waals surface area contributed by atoms with Crippen molar-refractivity contribution in [2.24, 2.45) is 0 Å². The van der Waals surface area contributed by atoms with Crippen molar-refractivity contribution in [2.45, 2.75) is 26.9 Å². The Balaban J connectivity index is 1.42. The Kier molecular flexibility index (Phi) is 8.57. The van der Waals surface area contributed by atoms with E-state index in [2.05, 4.69) is 46.1 Å². The molecule has 0 bridgehead atoms. The molecule has 1 aromatic heterocycles. The molecule has 3 aromatic carbocycles. The summed E-state index contributed by atoms with van der Waals surface area (Å²) in [5.41, 5.74) is 5.06. The second-order valence-corrected chi connectivity index (χ2v) is 10.1. The summed E-state index contributed by atoms with van der Waals surface area (Å²) in [4.78, 5) is 18.4. The summed E-state index contributed by atoms with van der Waals surface area (Å²) in [7, 11) is 1.60. The number of carbonyl (C=O) groups is 1. The van der Waals surface area contributed by atoms with Crippen molar-refractivity contribution in [1.82, 2.24) is 4.98 Å². The lowest BCUT2D eigenvalue weighted by Crippen LogP contribution is -2.07. The standard InChI is InChI=1S/C29H27BrN2O3S/c1-4-26-28(21-11-13-23(30)14-12-21)32-29(36-26)31-27(33)16-10-20-9-15-24(25(17-20)34-3)35-18-22-8-6-5-7-19(22)2/h5-17H,4,18H2,1-3H3,(H,31,32,33)/b16-10+. The summed E-state index contributed by atoms with van der Waals surface area (Å²) >= 11 is 4.96. The van der Waals surface area contributed by atoms with Crippen molar-refractivity contribution >= 4 is 44.4 Å². The number of aryl methyl sites for hydroxylation is 2. The van der Waals surface area contributed by atoms with Gasteiger partial charge < -0.3 is 9.47 Å². The van der Waals surface area contributed by atoms with Crippen molar-refractivity contribution in [3.8, 4) is 22.8 Å². The average molecular weight is 564 g/mol. The first-order chi connectivity index (χ1) is 17.5. The highest BCUT2D eigenvalue weighted by molar-refractivity contribution is 9.10. The van der Waals surface area contributed by atoms with Crippen LogP contribution in [-0.2, 0) is 17.8 Å². The maximum atomic E-state index is 12.6. The SMILES string of the molecule is CCc1sc(NC(=O)/C=C/c2ccc(OCc3ccccc3C)c(OC)c2)nc1-c1ccc(Br)cc1. The van der Waals surface area contributed by atoms with E-state index >= 15 is 0 Å². The van der Waals surface area contributed by atoms with E-state index in [1.807, 2.05) is 60.7 Å². The minimum atomic E-state index is -0.243. The van der Waals surface area contributed by atoms with Gasteiger partial charge in [-0.05, 0) is 60.4 Å². The van der Waals surface area contributed by atoms with Crippen LogP contribution < -0.4 is 14.8 Å². The summed E-state index contributed by atoms with van der Waals surface area (Å²) < 4.78 is 12.5. The molecule has 4 aromatic rings. The molecule has 0 atom stereocenters. The molecule has 184 valence electrons. The molecular formula is C29H27BrN2O3S. The van der Waals surface area contributed by atoms with Gasteiger partial charge in [0.25, 0.3) is 0 Å². The number of thiazole rings is 1. The number of methoxy groups -OCH3 is 1. The fourth-order valence-corrected chi connectivity index (χ4v) is 4.82. The maximum absolute atomic E-state index is 12.6. The molecule has 0 unspecified atom stereocenters. The van der Waals surface area contributed by atoms with Crippen LogP contribution >= 0.6 is 27.3 Å². The molecule has 0 saturated heterocycles. The second-order valence-electron chi connectivity index (χ2n) is 8.10. The number of ether oxygens (including phenoxy) is 2. The number of nitrogens with zero attached hydrogens (tertiary/aromatic N) is 1. The fraction of sp³-hybridized carbons (Fsp3) is 0.172. The van der Waals surface area contributed by atoms with Gasteiger partial charge in [-0.3, -0.25) is 10.1 Å². The first kappa shape index (κ1) is 25.7. The Labute approximate surface area is 223 Å². The van der Waals surface area contributed by atoms with E-state index in [-0.39, 0.29) is 5.91 Å². The van der Waals surface area contributed by atoms with Gasteiger partial charge in [0.2, 0.25) is 5.91 Å². The first-order valence-corrected chi connectivity index (χ1v) is 13.2. The third-order valence-corrected chi connectivity index (χ3v) is 7.27. The number of nitrogens with one attached hydrogen (secondary N) is 1. The molecule has 1 N–H and O–H groups in total. The molecule has 36 heavy (non-hydrogen) atoms. The van der Waals surface area contributed by atoms with Crippen molar-refractivity contribution in [1.29, 1.82) is 0 Å². The highest BCUT2D eigenvalue weighted by Gasteiger charge is 2.13. The van der Waals surface area contributed by atoms with Crippen LogP contribution in [0.15, 0.2) is 77.3 Å². The molecular weight excluding hydrogens is 536 g/mol. The highest BCUT2D eigenvalue weighted by Crippen LogP contribution is 2.33. The van der Waals surface area contributed by atoms with Crippen molar-refractivity contribution in [3.05, 3.63) is 98.8 Å². The Morgan fingerprint density at radius 1 is 1.08 bits per heavy atom. The van der Waals surface area contributed by atoms with Crippen molar-refractivity contribution in [2.75, 3.05) is 12.4 Å². The summed E-state index contributed by atoms with van der Waals surface area (Å²) in [6, 6.07) is 21.7. The molecule has 0 spiro atoms. The van der Waals surface area contributed by atoms with Gasteiger partial charge in [0.05, 0.1) is 12.8 Å². The fourth-order valence-electron chi connectivity index (χ4n) is 3.63. The first-order valence-electron chi connectivity index (χ1n) is 11.6. The average Bonchev–Trinajstić information content (AvgIpc) is 3.30. The number of benzene rings is 3. The summed E-state index contributed by atoms with van der Waals surface area (Å²) in [6.07, 6.45) is 4.08. The molecule has 0 aliphatic carbocycles. The third-order valence-electron chi connectivity index (χ3n) is 5.63. The zero-order chi connectivity index (χ0) is 25.5. The van der Waals surface area contributed by atoms with Gasteiger partial charge in [-0.1, -0.05) is 65.3 Å². The summed E-state index contributed by atoms with van der Waals surface area (Å²) in [6.45, 7) is 4.60. The van der Waals surface area contributed by atoms with Crippen LogP contribution in [0.1, 0.15) is 28.5 Å². The molecule has 4 rings (SSSR count). The lowest BCUT2D eigenvalue weighted by molar-refractivity contribution is -0.111. The minimum absolute atomic E-state index is 0.243. The van der Waals surface area contributed by atoms with Crippen LogP contribution in [0, 0.1) is 6.92 Å². The lowest BCUT2D eigenvalue weighted by atomic mass is 10.1. The Morgan fingerprint density at radius 2 is 1.86 bits per heavy atom. The lowest BCUT2D eigenvalue weighted by Gasteiger charge is -2.12. The van der Waals surface area contributed by atoms with Crippen LogP contribution in [-0.4, -0.2) is 18.0 Å². The van der Waals surface area contributed by atoms with Crippen molar-refractivity contribution in [3.63, 3.8) is 0 Å². The number of rotatable bonds is 9. The van der Waals surface area contributed by atoms with Crippen molar-refractivity contribution < 1.29 is 14.3 Å². The summed E-state index contributed by atoms with van der Waals surface area (Å²) in [5, 5.41) is 3.47. The minimum Gasteiger partial charge on any atom is -0.493 e. The van der Waals surface area contributed by atoms with Gasteiger partial charge in [0.15, 0.2) is 16.6 Å². The van der Waals surface area contributed by atoms with Gasteiger partial charge in [-0.15, -0.1) is 11.3 Å². The predicted molar refractivity (Wildman–Crippen MR) is 151 cm³/mol. The smallest absolute Gasteiger partial charge is 0.250 e. The monoisotopic (exact) mass is 562 g/mol. The number of hydrogen-bond donors (Lipinski definition) is 1. The zero-order valence-corrected chi connectivity index (χ0v) is 22.8. The zero-order valence-electron chi connectivity index (χ0n) is 20.4. The highest BCUT2D eigenvalue weighted by atomic mass is 79.9. The van der Waals surface area contributed by atoms with Crippen LogP contribution in [0.4, 0.5) is 5.13 Å². The Morgan fingerprint density at radius 3 is 2.58 bits per heavy atom. The van der Waals surface area contributed by atoms with Gasteiger partial charge in [0, 0.05) is 21.0 Å². The van der Waals surface area contributed by atoms with E-state index in [0.29, 0.717) is 23.2 Å². The number of halogens is 1. The number of carbonyl (C=O) groups excluding carboxylic acids is 1. The molecule has 0 saturated carbocycles. The number of aromatic nitrogens is 1. The molecule has 0 fully saturated rings. The number of anilines is 1. The van der Waals surface area contributed by atoms with Crippen LogP contribution in [0.25, 0.3) is 17.3 Å². The quantitative estimate of drug-likeness (QED) is 0.212. The molecule has 1 amide bonds. The van der Waals surface area contributed by atoms with E-state index in [9.17, 15) is 4.79 Å². The normalized spacial score (nSPS) is 11.0. The molecule has 0 aliphatic rings. The van der Waals surface area contributed by atoms with Crippen LogP contribution in [0.5, 0.6) is 11.5 Å². The van der Waals surface area contributed by atoms with E-state index in [1.54, 1.807) is 13.2 Å². The molecule has 7 heteroatoms.